The van der Waals surface area contributed by atoms with Crippen molar-refractivity contribution in [2.45, 2.75) is 26.3 Å². The van der Waals surface area contributed by atoms with Crippen LogP contribution in [-0.2, 0) is 0 Å². The molecule has 0 fully saturated rings. The van der Waals surface area contributed by atoms with Gasteiger partial charge in [0.2, 0.25) is 5.95 Å². The molecule has 0 saturated carbocycles. The molecule has 19 heavy (non-hydrogen) atoms. The fourth-order valence-corrected chi connectivity index (χ4v) is 1.58. The molecule has 2 heterocycles. The van der Waals surface area contributed by atoms with Gasteiger partial charge in [0.25, 0.3) is 5.56 Å². The summed E-state index contributed by atoms with van der Waals surface area (Å²) in [6.07, 6.45) is 3.60. The van der Waals surface area contributed by atoms with Crippen LogP contribution < -0.4 is 10.9 Å². The average molecular weight is 262 g/mol. The van der Waals surface area contributed by atoms with E-state index in [0.29, 0.717) is 5.69 Å². The summed E-state index contributed by atoms with van der Waals surface area (Å²) in [6.45, 7) is 5.87. The van der Waals surface area contributed by atoms with Crippen molar-refractivity contribution < 1.29 is 4.39 Å². The van der Waals surface area contributed by atoms with E-state index in [0.717, 1.165) is 12.4 Å². The van der Waals surface area contributed by atoms with E-state index in [2.05, 4.69) is 15.3 Å². The minimum absolute atomic E-state index is 0.143. The molecule has 0 atom stereocenters. The average Bonchev–Trinajstić information content (AvgIpc) is 2.32. The van der Waals surface area contributed by atoms with Gasteiger partial charge < -0.3 is 5.32 Å². The highest BCUT2D eigenvalue weighted by Crippen LogP contribution is 2.10. The van der Waals surface area contributed by atoms with Crippen LogP contribution in [0.1, 0.15) is 20.8 Å². The van der Waals surface area contributed by atoms with Gasteiger partial charge in [-0.15, -0.1) is 0 Å². The normalized spacial score (nSPS) is 11.4. The third-order valence-electron chi connectivity index (χ3n) is 2.28. The number of halogens is 1. The van der Waals surface area contributed by atoms with Crippen molar-refractivity contribution in [2.75, 3.05) is 5.32 Å². The lowest BCUT2D eigenvalue weighted by atomic mass is 10.1. The second kappa shape index (κ2) is 4.79. The molecule has 5 nitrogen and oxygen atoms in total. The lowest BCUT2D eigenvalue weighted by Gasteiger charge is -2.21. The molecule has 0 aliphatic carbocycles. The van der Waals surface area contributed by atoms with E-state index in [1.165, 1.54) is 4.57 Å². The minimum Gasteiger partial charge on any atom is -0.376 e. The van der Waals surface area contributed by atoms with Gasteiger partial charge in [0.1, 0.15) is 5.69 Å². The summed E-state index contributed by atoms with van der Waals surface area (Å²) in [5, 5.41) is 3.11. The predicted octanol–water partition coefficient (Wildman–Crippen LogP) is 1.98. The van der Waals surface area contributed by atoms with Crippen molar-refractivity contribution >= 4 is 5.69 Å². The first-order valence-electron chi connectivity index (χ1n) is 5.84. The molecule has 2 aromatic heterocycles. The molecule has 0 saturated heterocycles. The molecule has 0 aliphatic rings. The van der Waals surface area contributed by atoms with E-state index in [1.807, 2.05) is 20.8 Å². The van der Waals surface area contributed by atoms with Gasteiger partial charge in [0, 0.05) is 11.7 Å². The molecule has 2 rings (SSSR count). The topological polar surface area (TPSA) is 59.8 Å². The molecule has 100 valence electrons. The molecule has 0 radical (unpaired) electrons. The number of anilines is 1. The van der Waals surface area contributed by atoms with Gasteiger partial charge in [-0.1, -0.05) is 0 Å². The van der Waals surface area contributed by atoms with Crippen molar-refractivity contribution in [3.8, 4) is 5.95 Å². The summed E-state index contributed by atoms with van der Waals surface area (Å²) in [4.78, 5) is 19.9. The number of pyridine rings is 1. The van der Waals surface area contributed by atoms with Crippen LogP contribution >= 0.6 is 0 Å². The third kappa shape index (κ3) is 3.15. The Bertz CT molecular complexity index is 628. The number of nitrogens with zero attached hydrogens (tertiary/aromatic N) is 3. The summed E-state index contributed by atoms with van der Waals surface area (Å²) in [6, 6.07) is 3.40. The van der Waals surface area contributed by atoms with Gasteiger partial charge in [0.15, 0.2) is 5.82 Å². The predicted molar refractivity (Wildman–Crippen MR) is 71.0 cm³/mol. The molecule has 2 aromatic rings. The zero-order valence-corrected chi connectivity index (χ0v) is 11.0. The zero-order valence-electron chi connectivity index (χ0n) is 11.0. The summed E-state index contributed by atoms with van der Waals surface area (Å²) in [7, 11) is 0. The first-order valence-corrected chi connectivity index (χ1v) is 5.84. The Morgan fingerprint density at radius 2 is 1.89 bits per heavy atom. The molecular weight excluding hydrogens is 247 g/mol. The van der Waals surface area contributed by atoms with Crippen LogP contribution in [0, 0.1) is 5.82 Å². The number of hydrogen-bond acceptors (Lipinski definition) is 4. The second-order valence-electron chi connectivity index (χ2n) is 5.17. The Morgan fingerprint density at radius 3 is 2.47 bits per heavy atom. The smallest absolute Gasteiger partial charge is 0.280 e. The maximum atomic E-state index is 12.8. The van der Waals surface area contributed by atoms with E-state index in [9.17, 15) is 9.18 Å². The summed E-state index contributed by atoms with van der Waals surface area (Å²) in [5.74, 6) is -0.398. The summed E-state index contributed by atoms with van der Waals surface area (Å²) in [5.41, 5.74) is -0.0610. The van der Waals surface area contributed by atoms with Crippen LogP contribution in [0.2, 0.25) is 0 Å². The molecule has 0 aromatic carbocycles. The van der Waals surface area contributed by atoms with Crippen molar-refractivity contribution in [2.24, 2.45) is 0 Å². The molecule has 0 aliphatic heterocycles. The Hall–Kier alpha value is -2.24. The van der Waals surface area contributed by atoms with E-state index >= 15 is 0 Å². The number of aromatic nitrogens is 3. The van der Waals surface area contributed by atoms with Gasteiger partial charge in [0.05, 0.1) is 12.4 Å². The van der Waals surface area contributed by atoms with E-state index in [-0.39, 0.29) is 17.0 Å². The Morgan fingerprint density at radius 1 is 1.26 bits per heavy atom. The number of rotatable bonds is 2. The molecule has 0 unspecified atom stereocenters. The van der Waals surface area contributed by atoms with Crippen molar-refractivity contribution in [3.63, 3.8) is 0 Å². The molecule has 0 amide bonds. The van der Waals surface area contributed by atoms with Crippen molar-refractivity contribution in [1.29, 1.82) is 0 Å². The van der Waals surface area contributed by atoms with Gasteiger partial charge >= 0.3 is 0 Å². The van der Waals surface area contributed by atoms with Crippen LogP contribution in [0.25, 0.3) is 5.95 Å². The first-order chi connectivity index (χ1) is 8.87. The van der Waals surface area contributed by atoms with Crippen LogP contribution in [0.3, 0.4) is 0 Å². The highest BCUT2D eigenvalue weighted by molar-refractivity contribution is 5.43. The first kappa shape index (κ1) is 13.2. The molecule has 6 heteroatoms. The molecular formula is C13H15FN4O. The largest absolute Gasteiger partial charge is 0.376 e. The van der Waals surface area contributed by atoms with Crippen LogP contribution in [0.5, 0.6) is 0 Å². The van der Waals surface area contributed by atoms with E-state index < -0.39 is 5.82 Å². The Kier molecular flexibility index (Phi) is 3.33. The SMILES string of the molecule is CC(C)(C)Nc1cccn(-c2ncc(F)cn2)c1=O. The fraction of sp³-hybridized carbons (Fsp3) is 0.308. The standard InChI is InChI=1S/C13H15FN4O/c1-13(2,3)17-10-5-4-6-18(11(10)19)12-15-7-9(14)8-16-12/h4-8,17H,1-3H3. The summed E-state index contributed by atoms with van der Waals surface area (Å²) < 4.78 is 14.1. The maximum absolute atomic E-state index is 12.8. The zero-order chi connectivity index (χ0) is 14.0. The van der Waals surface area contributed by atoms with Crippen LogP contribution in [0.15, 0.2) is 35.5 Å². The van der Waals surface area contributed by atoms with Gasteiger partial charge in [-0.3, -0.25) is 9.36 Å². The quantitative estimate of drug-likeness (QED) is 0.899. The third-order valence-corrected chi connectivity index (χ3v) is 2.28. The lowest BCUT2D eigenvalue weighted by Crippen LogP contribution is -2.32. The monoisotopic (exact) mass is 262 g/mol. The van der Waals surface area contributed by atoms with Crippen molar-refractivity contribution in [3.05, 3.63) is 46.9 Å². The highest BCUT2D eigenvalue weighted by atomic mass is 19.1. The number of hydrogen-bond donors (Lipinski definition) is 1. The lowest BCUT2D eigenvalue weighted by molar-refractivity contribution is 0.610. The fourth-order valence-electron chi connectivity index (χ4n) is 1.58. The Balaban J connectivity index is 2.46. The molecule has 0 spiro atoms. The maximum Gasteiger partial charge on any atom is 0.280 e. The highest BCUT2D eigenvalue weighted by Gasteiger charge is 2.13. The number of nitrogens with one attached hydrogen (secondary N) is 1. The second-order valence-corrected chi connectivity index (χ2v) is 5.17. The van der Waals surface area contributed by atoms with Gasteiger partial charge in [-0.05, 0) is 32.9 Å². The minimum atomic E-state index is -0.541. The molecule has 0 bridgehead atoms. The van der Waals surface area contributed by atoms with E-state index in [4.69, 9.17) is 0 Å². The van der Waals surface area contributed by atoms with E-state index in [1.54, 1.807) is 18.3 Å². The molecule has 1 N–H and O–H groups in total. The van der Waals surface area contributed by atoms with Crippen LogP contribution in [0.4, 0.5) is 10.1 Å². The van der Waals surface area contributed by atoms with Crippen molar-refractivity contribution in [1.82, 2.24) is 14.5 Å². The summed E-state index contributed by atoms with van der Waals surface area (Å²) >= 11 is 0. The van der Waals surface area contributed by atoms with Gasteiger partial charge in [-0.2, -0.15) is 0 Å². The van der Waals surface area contributed by atoms with Crippen LogP contribution in [-0.4, -0.2) is 20.1 Å². The Labute approximate surface area is 110 Å². The van der Waals surface area contributed by atoms with Gasteiger partial charge in [-0.25, -0.2) is 14.4 Å².